The Bertz CT molecular complexity index is 448. The van der Waals surface area contributed by atoms with Crippen molar-refractivity contribution in [2.45, 2.75) is 12.4 Å². The number of benzene rings is 1. The van der Waals surface area contributed by atoms with E-state index in [1.165, 1.54) is 0 Å². The molecule has 8 heteroatoms. The fraction of sp³-hybridized carbons (Fsp3) is 0.222. The van der Waals surface area contributed by atoms with Crippen LogP contribution in [0.1, 0.15) is 21.5 Å². The van der Waals surface area contributed by atoms with Crippen molar-refractivity contribution < 1.29 is 31.1 Å². The zero-order valence-corrected chi connectivity index (χ0v) is 9.37. The molecule has 0 saturated heterocycles. The number of rotatable bonds is 1. The van der Waals surface area contributed by atoms with Crippen molar-refractivity contribution in [1.82, 2.24) is 0 Å². The molecule has 1 aromatic rings. The normalized spacial score (nSPS) is 12.6. The van der Waals surface area contributed by atoms with E-state index in [2.05, 4.69) is 15.9 Å². The van der Waals surface area contributed by atoms with Crippen LogP contribution in [0.15, 0.2) is 16.6 Å². The molecule has 1 rings (SSSR count). The summed E-state index contributed by atoms with van der Waals surface area (Å²) < 4.78 is 73.4. The lowest BCUT2D eigenvalue weighted by Crippen LogP contribution is -2.15. The quantitative estimate of drug-likeness (QED) is 0.557. The van der Waals surface area contributed by atoms with Gasteiger partial charge in [0, 0.05) is 10.0 Å². The van der Waals surface area contributed by atoms with Crippen molar-refractivity contribution in [3.05, 3.63) is 33.3 Å². The van der Waals surface area contributed by atoms with E-state index in [0.717, 1.165) is 0 Å². The third-order valence-corrected chi connectivity index (χ3v) is 2.71. The zero-order chi connectivity index (χ0) is 13.4. The fourth-order valence-corrected chi connectivity index (χ4v) is 2.01. The van der Waals surface area contributed by atoms with Gasteiger partial charge in [-0.1, -0.05) is 6.07 Å². The molecule has 0 N–H and O–H groups in total. The molecule has 0 saturated carbocycles. The van der Waals surface area contributed by atoms with Crippen LogP contribution in [0, 0.1) is 0 Å². The maximum atomic E-state index is 12.5. The number of hydrogen-bond acceptors (Lipinski definition) is 1. The summed E-state index contributed by atoms with van der Waals surface area (Å²) in [5, 5.41) is 0. The molecule has 0 spiro atoms. The Labute approximate surface area is 99.5 Å². The standard InChI is InChI=1S/C9H3BrF6O/c10-7-5(8(11,12)13)2-1-4(3-17)6(7)9(14,15)16/h1-3H. The molecule has 0 bridgehead atoms. The summed E-state index contributed by atoms with van der Waals surface area (Å²) in [6, 6.07) is 0.909. The van der Waals surface area contributed by atoms with Gasteiger partial charge in [-0.3, -0.25) is 4.79 Å². The number of hydrogen-bond donors (Lipinski definition) is 0. The summed E-state index contributed by atoms with van der Waals surface area (Å²) in [5.74, 6) is 0. The van der Waals surface area contributed by atoms with Gasteiger partial charge in [-0.15, -0.1) is 0 Å². The highest BCUT2D eigenvalue weighted by molar-refractivity contribution is 9.10. The Morgan fingerprint density at radius 1 is 1.00 bits per heavy atom. The van der Waals surface area contributed by atoms with Crippen molar-refractivity contribution in [2.75, 3.05) is 0 Å². The van der Waals surface area contributed by atoms with Gasteiger partial charge in [0.05, 0.1) is 11.1 Å². The molecule has 1 aromatic carbocycles. The van der Waals surface area contributed by atoms with Crippen LogP contribution >= 0.6 is 15.9 Å². The number of halogens is 7. The largest absolute Gasteiger partial charge is 0.418 e. The van der Waals surface area contributed by atoms with Crippen LogP contribution in [0.2, 0.25) is 0 Å². The lowest BCUT2D eigenvalue weighted by molar-refractivity contribution is -0.144. The van der Waals surface area contributed by atoms with Gasteiger partial charge in [-0.05, 0) is 22.0 Å². The van der Waals surface area contributed by atoms with E-state index in [1.807, 2.05) is 0 Å². The molecule has 0 aromatic heterocycles. The van der Waals surface area contributed by atoms with Crippen LogP contribution < -0.4 is 0 Å². The van der Waals surface area contributed by atoms with Crippen LogP contribution in [0.5, 0.6) is 0 Å². The van der Waals surface area contributed by atoms with Crippen LogP contribution in [0.3, 0.4) is 0 Å². The summed E-state index contributed by atoms with van der Waals surface area (Å²) in [6.45, 7) is 0. The predicted octanol–water partition coefficient (Wildman–Crippen LogP) is 4.30. The summed E-state index contributed by atoms with van der Waals surface area (Å²) in [7, 11) is 0. The average molecular weight is 321 g/mol. The van der Waals surface area contributed by atoms with Gasteiger partial charge >= 0.3 is 12.4 Å². The van der Waals surface area contributed by atoms with Gasteiger partial charge < -0.3 is 0 Å². The minimum absolute atomic E-state index is 0.145. The highest BCUT2D eigenvalue weighted by Crippen LogP contribution is 2.43. The number of alkyl halides is 6. The minimum Gasteiger partial charge on any atom is -0.298 e. The molecule has 0 atom stereocenters. The maximum absolute atomic E-state index is 12.5. The van der Waals surface area contributed by atoms with Crippen LogP contribution in [0.4, 0.5) is 26.3 Å². The summed E-state index contributed by atoms with van der Waals surface area (Å²) in [4.78, 5) is 10.4. The van der Waals surface area contributed by atoms with Crippen molar-refractivity contribution >= 4 is 22.2 Å². The van der Waals surface area contributed by atoms with E-state index in [-0.39, 0.29) is 6.29 Å². The molecule has 17 heavy (non-hydrogen) atoms. The van der Waals surface area contributed by atoms with Crippen molar-refractivity contribution in [2.24, 2.45) is 0 Å². The monoisotopic (exact) mass is 320 g/mol. The van der Waals surface area contributed by atoms with Gasteiger partial charge in [0.1, 0.15) is 0 Å². The van der Waals surface area contributed by atoms with E-state index in [0.29, 0.717) is 12.1 Å². The molecular formula is C9H3BrF6O. The van der Waals surface area contributed by atoms with Crippen molar-refractivity contribution in [3.8, 4) is 0 Å². The summed E-state index contributed by atoms with van der Waals surface area (Å²) >= 11 is 2.25. The van der Waals surface area contributed by atoms with E-state index < -0.39 is 33.5 Å². The summed E-state index contributed by atoms with van der Waals surface area (Å²) in [5.41, 5.74) is -3.95. The average Bonchev–Trinajstić information content (AvgIpc) is 2.12. The Morgan fingerprint density at radius 3 is 1.88 bits per heavy atom. The zero-order valence-electron chi connectivity index (χ0n) is 7.79. The van der Waals surface area contributed by atoms with Gasteiger partial charge in [0.25, 0.3) is 0 Å². The smallest absolute Gasteiger partial charge is 0.298 e. The number of carbonyl (C=O) groups is 1. The Hall–Kier alpha value is -1.05. The molecule has 0 aliphatic carbocycles. The maximum Gasteiger partial charge on any atom is 0.418 e. The fourth-order valence-electron chi connectivity index (χ4n) is 1.20. The SMILES string of the molecule is O=Cc1ccc(C(F)(F)F)c(Br)c1C(F)(F)F. The Kier molecular flexibility index (Phi) is 3.56. The van der Waals surface area contributed by atoms with Gasteiger partial charge in [-0.25, -0.2) is 0 Å². The second kappa shape index (κ2) is 4.32. The van der Waals surface area contributed by atoms with Crippen LogP contribution in [-0.4, -0.2) is 6.29 Å². The van der Waals surface area contributed by atoms with Gasteiger partial charge in [0.2, 0.25) is 0 Å². The third-order valence-electron chi connectivity index (χ3n) is 1.89. The summed E-state index contributed by atoms with van der Waals surface area (Å²) in [6.07, 6.45) is -10.1. The van der Waals surface area contributed by atoms with Gasteiger partial charge in [-0.2, -0.15) is 26.3 Å². The van der Waals surface area contributed by atoms with E-state index >= 15 is 0 Å². The molecule has 0 heterocycles. The molecule has 94 valence electrons. The van der Waals surface area contributed by atoms with Crippen molar-refractivity contribution in [3.63, 3.8) is 0 Å². The Balaban J connectivity index is 3.61. The lowest BCUT2D eigenvalue weighted by atomic mass is 10.0. The molecule has 0 amide bonds. The van der Waals surface area contributed by atoms with E-state index in [4.69, 9.17) is 0 Å². The first kappa shape index (κ1) is 14.0. The highest BCUT2D eigenvalue weighted by atomic mass is 79.9. The molecular weight excluding hydrogens is 318 g/mol. The topological polar surface area (TPSA) is 17.1 Å². The van der Waals surface area contributed by atoms with E-state index in [1.54, 1.807) is 0 Å². The Morgan fingerprint density at radius 2 is 1.53 bits per heavy atom. The van der Waals surface area contributed by atoms with Gasteiger partial charge in [0.15, 0.2) is 6.29 Å². The third kappa shape index (κ3) is 2.80. The molecule has 0 radical (unpaired) electrons. The number of aldehydes is 1. The molecule has 1 nitrogen and oxygen atoms in total. The first-order valence-electron chi connectivity index (χ1n) is 4.01. The van der Waals surface area contributed by atoms with Crippen LogP contribution in [0.25, 0.3) is 0 Å². The predicted molar refractivity (Wildman–Crippen MR) is 49.5 cm³/mol. The molecule has 0 aliphatic rings. The molecule has 0 fully saturated rings. The first-order chi connectivity index (χ1) is 7.59. The second-order valence-corrected chi connectivity index (χ2v) is 3.80. The minimum atomic E-state index is -5.05. The van der Waals surface area contributed by atoms with Crippen LogP contribution in [-0.2, 0) is 12.4 Å². The first-order valence-corrected chi connectivity index (χ1v) is 4.80. The lowest BCUT2D eigenvalue weighted by Gasteiger charge is -2.16. The second-order valence-electron chi connectivity index (χ2n) is 3.00. The molecule has 0 aliphatic heterocycles. The van der Waals surface area contributed by atoms with E-state index in [9.17, 15) is 31.1 Å². The van der Waals surface area contributed by atoms with Crippen molar-refractivity contribution in [1.29, 1.82) is 0 Å². The number of carbonyl (C=O) groups excluding carboxylic acids is 1. The molecule has 0 unspecified atom stereocenters. The highest BCUT2D eigenvalue weighted by Gasteiger charge is 2.41.